The largest absolute Gasteiger partial charge is 0.467 e. The van der Waals surface area contributed by atoms with Gasteiger partial charge in [-0.2, -0.15) is 0 Å². The average Bonchev–Trinajstić information content (AvgIpc) is 3.19. The van der Waals surface area contributed by atoms with Crippen LogP contribution in [-0.2, 0) is 22.6 Å². The fourth-order valence-electron chi connectivity index (χ4n) is 2.88. The molecule has 0 aliphatic carbocycles. The number of nitrogens with one attached hydrogen (secondary N) is 1. The first-order valence-electron chi connectivity index (χ1n) is 7.86. The van der Waals surface area contributed by atoms with E-state index in [1.54, 1.807) is 17.2 Å². The number of anilines is 1. The standard InChI is InChI=1S/C18H20N2O3/c1-2-13-6-3-4-8-16(13)19-18(22)14-10-17(21)20(11-14)12-15-7-5-9-23-15/h3-9,14H,2,10-12H2,1H3,(H,19,22)/t14-/m0/s1. The molecule has 5 nitrogen and oxygen atoms in total. The molecule has 2 heterocycles. The summed E-state index contributed by atoms with van der Waals surface area (Å²) in [4.78, 5) is 26.2. The van der Waals surface area contributed by atoms with Gasteiger partial charge in [0, 0.05) is 18.7 Å². The van der Waals surface area contributed by atoms with Crippen LogP contribution in [-0.4, -0.2) is 23.3 Å². The molecule has 1 aromatic carbocycles. The lowest BCUT2D eigenvalue weighted by Gasteiger charge is -2.16. The number of hydrogen-bond acceptors (Lipinski definition) is 3. The fourth-order valence-corrected chi connectivity index (χ4v) is 2.88. The maximum atomic E-state index is 12.5. The van der Waals surface area contributed by atoms with Gasteiger partial charge in [-0.3, -0.25) is 9.59 Å². The molecule has 0 bridgehead atoms. The summed E-state index contributed by atoms with van der Waals surface area (Å²) in [5.74, 6) is 0.310. The van der Waals surface area contributed by atoms with E-state index >= 15 is 0 Å². The molecule has 1 fully saturated rings. The molecule has 1 aliphatic heterocycles. The van der Waals surface area contributed by atoms with Gasteiger partial charge in [0.15, 0.2) is 0 Å². The van der Waals surface area contributed by atoms with Gasteiger partial charge < -0.3 is 14.6 Å². The van der Waals surface area contributed by atoms with E-state index in [2.05, 4.69) is 12.2 Å². The minimum absolute atomic E-state index is 0.00896. The van der Waals surface area contributed by atoms with E-state index in [0.29, 0.717) is 13.1 Å². The van der Waals surface area contributed by atoms with Gasteiger partial charge in [-0.15, -0.1) is 0 Å². The number of likely N-dealkylation sites (tertiary alicyclic amines) is 1. The summed E-state index contributed by atoms with van der Waals surface area (Å²) in [5, 5.41) is 2.96. The smallest absolute Gasteiger partial charge is 0.229 e. The number of para-hydroxylation sites is 1. The van der Waals surface area contributed by atoms with Gasteiger partial charge in [0.2, 0.25) is 11.8 Å². The Labute approximate surface area is 135 Å². The van der Waals surface area contributed by atoms with Crippen molar-refractivity contribution in [2.24, 2.45) is 5.92 Å². The first-order valence-corrected chi connectivity index (χ1v) is 7.86. The van der Waals surface area contributed by atoms with Crippen molar-refractivity contribution in [3.05, 3.63) is 54.0 Å². The van der Waals surface area contributed by atoms with Crippen LogP contribution in [0.15, 0.2) is 47.1 Å². The first-order chi connectivity index (χ1) is 11.2. The SMILES string of the molecule is CCc1ccccc1NC(=O)[C@H]1CC(=O)N(Cc2ccco2)C1. The number of nitrogens with zero attached hydrogens (tertiary/aromatic N) is 1. The average molecular weight is 312 g/mol. The molecule has 0 radical (unpaired) electrons. The number of benzene rings is 1. The molecular formula is C18H20N2O3. The van der Waals surface area contributed by atoms with Gasteiger partial charge in [-0.1, -0.05) is 25.1 Å². The zero-order valence-corrected chi connectivity index (χ0v) is 13.1. The number of carbonyl (C=O) groups is 2. The zero-order valence-electron chi connectivity index (χ0n) is 13.1. The predicted molar refractivity (Wildman–Crippen MR) is 86.7 cm³/mol. The maximum Gasteiger partial charge on any atom is 0.229 e. The van der Waals surface area contributed by atoms with Crippen LogP contribution in [0.2, 0.25) is 0 Å². The summed E-state index contributed by atoms with van der Waals surface area (Å²) in [7, 11) is 0. The van der Waals surface area contributed by atoms with E-state index in [9.17, 15) is 9.59 Å². The van der Waals surface area contributed by atoms with Crippen molar-refractivity contribution in [3.8, 4) is 0 Å². The number of rotatable bonds is 5. The van der Waals surface area contributed by atoms with Gasteiger partial charge in [0.05, 0.1) is 18.7 Å². The van der Waals surface area contributed by atoms with Crippen LogP contribution in [0, 0.1) is 5.92 Å². The van der Waals surface area contributed by atoms with Crippen LogP contribution in [0.25, 0.3) is 0 Å². The van der Waals surface area contributed by atoms with Gasteiger partial charge in [-0.05, 0) is 30.2 Å². The molecular weight excluding hydrogens is 292 g/mol. The summed E-state index contributed by atoms with van der Waals surface area (Å²) in [6.45, 7) is 2.90. The summed E-state index contributed by atoms with van der Waals surface area (Å²) < 4.78 is 5.27. The van der Waals surface area contributed by atoms with Crippen molar-refractivity contribution in [1.82, 2.24) is 4.90 Å². The third kappa shape index (κ3) is 3.44. The monoisotopic (exact) mass is 312 g/mol. The lowest BCUT2D eigenvalue weighted by atomic mass is 10.1. The van der Waals surface area contributed by atoms with Crippen molar-refractivity contribution < 1.29 is 14.0 Å². The maximum absolute atomic E-state index is 12.5. The second-order valence-electron chi connectivity index (χ2n) is 5.75. The third-order valence-corrected chi connectivity index (χ3v) is 4.17. The van der Waals surface area contributed by atoms with Crippen LogP contribution in [0.3, 0.4) is 0 Å². The summed E-state index contributed by atoms with van der Waals surface area (Å²) in [5.41, 5.74) is 1.93. The second kappa shape index (κ2) is 6.69. The van der Waals surface area contributed by atoms with Gasteiger partial charge in [-0.25, -0.2) is 0 Å². The van der Waals surface area contributed by atoms with Crippen molar-refractivity contribution in [1.29, 1.82) is 0 Å². The van der Waals surface area contributed by atoms with E-state index < -0.39 is 0 Å². The molecule has 23 heavy (non-hydrogen) atoms. The number of amides is 2. The Bertz CT molecular complexity index is 694. The highest BCUT2D eigenvalue weighted by atomic mass is 16.3. The Kier molecular flexibility index (Phi) is 4.46. The lowest BCUT2D eigenvalue weighted by Crippen LogP contribution is -2.28. The highest BCUT2D eigenvalue weighted by Crippen LogP contribution is 2.23. The molecule has 1 N–H and O–H groups in total. The first kappa shape index (κ1) is 15.3. The van der Waals surface area contributed by atoms with E-state index in [1.807, 2.05) is 30.3 Å². The highest BCUT2D eigenvalue weighted by molar-refractivity contribution is 5.97. The van der Waals surface area contributed by atoms with E-state index in [4.69, 9.17) is 4.42 Å². The Morgan fingerprint density at radius 1 is 1.30 bits per heavy atom. The predicted octanol–water partition coefficient (Wildman–Crippen LogP) is 2.83. The van der Waals surface area contributed by atoms with E-state index in [1.165, 1.54) is 0 Å². The minimum atomic E-state index is -0.317. The molecule has 120 valence electrons. The third-order valence-electron chi connectivity index (χ3n) is 4.17. The Morgan fingerprint density at radius 3 is 2.87 bits per heavy atom. The highest BCUT2D eigenvalue weighted by Gasteiger charge is 2.34. The molecule has 2 amide bonds. The summed E-state index contributed by atoms with van der Waals surface area (Å²) in [6, 6.07) is 11.4. The number of aryl methyl sites for hydroxylation is 1. The normalized spacial score (nSPS) is 17.5. The van der Waals surface area contributed by atoms with Crippen LogP contribution >= 0.6 is 0 Å². The zero-order chi connectivity index (χ0) is 16.2. The molecule has 0 spiro atoms. The Balaban J connectivity index is 1.63. The van der Waals surface area contributed by atoms with Crippen LogP contribution in [0.4, 0.5) is 5.69 Å². The fraction of sp³-hybridized carbons (Fsp3) is 0.333. The second-order valence-corrected chi connectivity index (χ2v) is 5.75. The molecule has 1 aromatic heterocycles. The molecule has 1 aliphatic rings. The number of carbonyl (C=O) groups excluding carboxylic acids is 2. The summed E-state index contributed by atoms with van der Waals surface area (Å²) in [6.07, 6.45) is 2.69. The Hall–Kier alpha value is -2.56. The minimum Gasteiger partial charge on any atom is -0.467 e. The van der Waals surface area contributed by atoms with Crippen LogP contribution in [0.5, 0.6) is 0 Å². The summed E-state index contributed by atoms with van der Waals surface area (Å²) >= 11 is 0. The molecule has 2 aromatic rings. The molecule has 5 heteroatoms. The lowest BCUT2D eigenvalue weighted by molar-refractivity contribution is -0.128. The number of furan rings is 1. The quantitative estimate of drug-likeness (QED) is 0.923. The van der Waals surface area contributed by atoms with Crippen LogP contribution in [0.1, 0.15) is 24.7 Å². The topological polar surface area (TPSA) is 62.6 Å². The number of hydrogen-bond donors (Lipinski definition) is 1. The van der Waals surface area contributed by atoms with Crippen LogP contribution < -0.4 is 5.32 Å². The Morgan fingerprint density at radius 2 is 2.13 bits per heavy atom. The molecule has 3 rings (SSSR count). The van der Waals surface area contributed by atoms with Gasteiger partial charge >= 0.3 is 0 Å². The van der Waals surface area contributed by atoms with Crippen molar-refractivity contribution in [2.75, 3.05) is 11.9 Å². The molecule has 1 saturated heterocycles. The van der Waals surface area contributed by atoms with Crippen molar-refractivity contribution >= 4 is 17.5 Å². The van der Waals surface area contributed by atoms with E-state index in [-0.39, 0.29) is 24.2 Å². The molecule has 0 unspecified atom stereocenters. The van der Waals surface area contributed by atoms with E-state index in [0.717, 1.165) is 23.4 Å². The van der Waals surface area contributed by atoms with Crippen molar-refractivity contribution in [2.45, 2.75) is 26.3 Å². The molecule has 0 saturated carbocycles. The van der Waals surface area contributed by atoms with Gasteiger partial charge in [0.25, 0.3) is 0 Å². The molecule has 1 atom stereocenters. The van der Waals surface area contributed by atoms with Crippen molar-refractivity contribution in [3.63, 3.8) is 0 Å². The van der Waals surface area contributed by atoms with Gasteiger partial charge in [0.1, 0.15) is 5.76 Å².